The first-order chi connectivity index (χ1) is 10.5. The lowest BCUT2D eigenvalue weighted by atomic mass is 10.1. The van der Waals surface area contributed by atoms with Crippen molar-refractivity contribution in [3.05, 3.63) is 64.1 Å². The maximum Gasteiger partial charge on any atom is 0.339 e. The molecule has 0 saturated heterocycles. The zero-order chi connectivity index (χ0) is 15.7. The molecule has 3 aromatic rings. The zero-order valence-electron chi connectivity index (χ0n) is 12.2. The molecule has 1 heterocycles. The fourth-order valence-electron chi connectivity index (χ4n) is 2.08. The van der Waals surface area contributed by atoms with Gasteiger partial charge in [0, 0.05) is 5.02 Å². The summed E-state index contributed by atoms with van der Waals surface area (Å²) in [4.78, 5) is 16.9. The number of ether oxygens (including phenoxy) is 1. The Morgan fingerprint density at radius 2 is 1.95 bits per heavy atom. The standard InChI is InChI=1S/C17H14ClNO2S/c1-17(2,16-19-13-8-3-4-9-14(13)22-16)21-15(20)11-6-5-7-12(18)10-11/h3-10H,1-2H3. The second kappa shape index (κ2) is 5.71. The SMILES string of the molecule is CC(C)(OC(=O)c1cccc(Cl)c1)c1nc2ccccc2s1. The maximum absolute atomic E-state index is 12.3. The zero-order valence-corrected chi connectivity index (χ0v) is 13.7. The van der Waals surface area contributed by atoms with Crippen LogP contribution in [0.3, 0.4) is 0 Å². The predicted molar refractivity (Wildman–Crippen MR) is 89.5 cm³/mol. The largest absolute Gasteiger partial charge is 0.449 e. The molecular formula is C17H14ClNO2S. The van der Waals surface area contributed by atoms with Crippen LogP contribution >= 0.6 is 22.9 Å². The van der Waals surface area contributed by atoms with Gasteiger partial charge in [0.05, 0.1) is 15.8 Å². The number of carbonyl (C=O) groups is 1. The minimum atomic E-state index is -0.802. The number of halogens is 1. The summed E-state index contributed by atoms with van der Waals surface area (Å²) in [7, 11) is 0. The van der Waals surface area contributed by atoms with Crippen LogP contribution in [0.25, 0.3) is 10.2 Å². The molecule has 0 N–H and O–H groups in total. The van der Waals surface area contributed by atoms with Crippen LogP contribution in [-0.2, 0) is 10.3 Å². The van der Waals surface area contributed by atoms with Crippen molar-refractivity contribution < 1.29 is 9.53 Å². The van der Waals surface area contributed by atoms with Crippen LogP contribution in [0.1, 0.15) is 29.2 Å². The minimum absolute atomic E-state index is 0.410. The molecular weight excluding hydrogens is 318 g/mol. The smallest absolute Gasteiger partial charge is 0.339 e. The second-order valence-electron chi connectivity index (χ2n) is 5.40. The number of rotatable bonds is 3. The van der Waals surface area contributed by atoms with Crippen molar-refractivity contribution in [2.45, 2.75) is 19.4 Å². The van der Waals surface area contributed by atoms with Crippen molar-refractivity contribution in [3.8, 4) is 0 Å². The van der Waals surface area contributed by atoms with Gasteiger partial charge in [-0.15, -0.1) is 11.3 Å². The van der Waals surface area contributed by atoms with Crippen molar-refractivity contribution in [1.82, 2.24) is 4.98 Å². The number of esters is 1. The third-order valence-electron chi connectivity index (χ3n) is 3.22. The summed E-state index contributed by atoms with van der Waals surface area (Å²) >= 11 is 7.44. The highest BCUT2D eigenvalue weighted by Crippen LogP contribution is 2.33. The molecule has 5 heteroatoms. The molecule has 112 valence electrons. The lowest BCUT2D eigenvalue weighted by molar-refractivity contribution is -0.00313. The van der Waals surface area contributed by atoms with E-state index in [9.17, 15) is 4.79 Å². The first-order valence-electron chi connectivity index (χ1n) is 6.81. The van der Waals surface area contributed by atoms with Gasteiger partial charge in [0.2, 0.25) is 0 Å². The highest BCUT2D eigenvalue weighted by atomic mass is 35.5. The van der Waals surface area contributed by atoms with Crippen molar-refractivity contribution in [1.29, 1.82) is 0 Å². The first kappa shape index (κ1) is 15.0. The van der Waals surface area contributed by atoms with E-state index in [4.69, 9.17) is 16.3 Å². The Kier molecular flexibility index (Phi) is 3.89. The van der Waals surface area contributed by atoms with Gasteiger partial charge in [-0.2, -0.15) is 0 Å². The third kappa shape index (κ3) is 2.98. The van der Waals surface area contributed by atoms with E-state index in [0.29, 0.717) is 10.6 Å². The summed E-state index contributed by atoms with van der Waals surface area (Å²) in [6.45, 7) is 3.68. The molecule has 0 unspecified atom stereocenters. The molecule has 0 aliphatic carbocycles. The van der Waals surface area contributed by atoms with Crippen LogP contribution in [0.15, 0.2) is 48.5 Å². The number of aromatic nitrogens is 1. The molecule has 0 fully saturated rings. The van der Waals surface area contributed by atoms with E-state index >= 15 is 0 Å². The van der Waals surface area contributed by atoms with E-state index < -0.39 is 11.6 Å². The number of nitrogens with zero attached hydrogens (tertiary/aromatic N) is 1. The third-order valence-corrected chi connectivity index (χ3v) is 4.79. The summed E-state index contributed by atoms with van der Waals surface area (Å²) in [6.07, 6.45) is 0. The van der Waals surface area contributed by atoms with Crippen LogP contribution < -0.4 is 0 Å². The Hall–Kier alpha value is -1.91. The Labute approximate surface area is 137 Å². The topological polar surface area (TPSA) is 39.2 Å². The van der Waals surface area contributed by atoms with Gasteiger partial charge in [0.25, 0.3) is 0 Å². The fourth-order valence-corrected chi connectivity index (χ4v) is 3.27. The summed E-state index contributed by atoms with van der Waals surface area (Å²) in [6, 6.07) is 14.6. The van der Waals surface area contributed by atoms with Crippen LogP contribution in [0.2, 0.25) is 5.02 Å². The number of hydrogen-bond donors (Lipinski definition) is 0. The molecule has 3 rings (SSSR count). The number of thiazole rings is 1. The molecule has 3 nitrogen and oxygen atoms in total. The van der Waals surface area contributed by atoms with Crippen molar-refractivity contribution >= 4 is 39.1 Å². The molecule has 0 spiro atoms. The van der Waals surface area contributed by atoms with E-state index in [2.05, 4.69) is 4.98 Å². The van der Waals surface area contributed by atoms with Crippen molar-refractivity contribution in [2.24, 2.45) is 0 Å². The molecule has 2 aromatic carbocycles. The number of para-hydroxylation sites is 1. The van der Waals surface area contributed by atoms with E-state index in [1.807, 2.05) is 38.1 Å². The molecule has 0 aliphatic rings. The lowest BCUT2D eigenvalue weighted by Crippen LogP contribution is -2.25. The molecule has 0 aliphatic heterocycles. The van der Waals surface area contributed by atoms with Gasteiger partial charge in [0.1, 0.15) is 5.01 Å². The Balaban J connectivity index is 1.87. The predicted octanol–water partition coefficient (Wildman–Crippen LogP) is 5.04. The van der Waals surface area contributed by atoms with E-state index in [1.165, 1.54) is 11.3 Å². The first-order valence-corrected chi connectivity index (χ1v) is 8.00. The lowest BCUT2D eigenvalue weighted by Gasteiger charge is -2.22. The van der Waals surface area contributed by atoms with Crippen molar-refractivity contribution in [2.75, 3.05) is 0 Å². The number of carbonyl (C=O) groups excluding carboxylic acids is 1. The van der Waals surface area contributed by atoms with E-state index in [0.717, 1.165) is 15.2 Å². The minimum Gasteiger partial charge on any atom is -0.449 e. The van der Waals surface area contributed by atoms with Gasteiger partial charge < -0.3 is 4.74 Å². The fraction of sp³-hybridized carbons (Fsp3) is 0.176. The maximum atomic E-state index is 12.3. The number of fused-ring (bicyclic) bond motifs is 1. The van der Waals surface area contributed by atoms with Gasteiger partial charge in [-0.05, 0) is 44.2 Å². The Morgan fingerprint density at radius 1 is 1.18 bits per heavy atom. The highest BCUT2D eigenvalue weighted by molar-refractivity contribution is 7.18. The molecule has 0 saturated carbocycles. The highest BCUT2D eigenvalue weighted by Gasteiger charge is 2.29. The number of hydrogen-bond acceptors (Lipinski definition) is 4. The van der Waals surface area contributed by atoms with Crippen molar-refractivity contribution in [3.63, 3.8) is 0 Å². The van der Waals surface area contributed by atoms with Gasteiger partial charge in [-0.1, -0.05) is 29.8 Å². The molecule has 22 heavy (non-hydrogen) atoms. The molecule has 0 radical (unpaired) electrons. The van der Waals surface area contributed by atoms with Crippen LogP contribution in [-0.4, -0.2) is 11.0 Å². The molecule has 0 bridgehead atoms. The summed E-state index contributed by atoms with van der Waals surface area (Å²) < 4.78 is 6.72. The Bertz CT molecular complexity index is 808. The monoisotopic (exact) mass is 331 g/mol. The molecule has 1 aromatic heterocycles. The van der Waals surface area contributed by atoms with E-state index in [-0.39, 0.29) is 0 Å². The average molecular weight is 332 g/mol. The van der Waals surface area contributed by atoms with Gasteiger partial charge in [-0.25, -0.2) is 9.78 Å². The van der Waals surface area contributed by atoms with Crippen LogP contribution in [0, 0.1) is 0 Å². The summed E-state index contributed by atoms with van der Waals surface area (Å²) in [5, 5.41) is 1.27. The van der Waals surface area contributed by atoms with Crippen LogP contribution in [0.5, 0.6) is 0 Å². The second-order valence-corrected chi connectivity index (χ2v) is 6.86. The Morgan fingerprint density at radius 3 is 2.68 bits per heavy atom. The molecule has 0 atom stereocenters. The number of benzene rings is 2. The van der Waals surface area contributed by atoms with Gasteiger partial charge >= 0.3 is 5.97 Å². The summed E-state index contributed by atoms with van der Waals surface area (Å²) in [5.41, 5.74) is 0.541. The van der Waals surface area contributed by atoms with Gasteiger partial charge in [0.15, 0.2) is 5.60 Å². The van der Waals surface area contributed by atoms with E-state index in [1.54, 1.807) is 24.3 Å². The normalized spacial score (nSPS) is 11.6. The molecule has 0 amide bonds. The summed E-state index contributed by atoms with van der Waals surface area (Å²) in [5.74, 6) is -0.410. The average Bonchev–Trinajstić information content (AvgIpc) is 2.91. The van der Waals surface area contributed by atoms with Gasteiger partial charge in [-0.3, -0.25) is 0 Å². The quantitative estimate of drug-likeness (QED) is 0.631. The van der Waals surface area contributed by atoms with Crippen LogP contribution in [0.4, 0.5) is 0 Å².